The molecular formula is C21H28N3O3+. The van der Waals surface area contributed by atoms with E-state index in [2.05, 4.69) is 19.2 Å². The standard InChI is InChI=1S/C21H27N3O3/c1-6-12(5)24-18(25)15-16(19(24)26)21(23-17(15)10(2)3)13-9-11(4)7-8-14(13)22-20(21)27/h7-10,12,15-17,23H,6H2,1-5H3,(H,22,27)/p+1/t12-,15-,16-,17+,21-/m0/s1. The van der Waals surface area contributed by atoms with Crippen molar-refractivity contribution in [3.05, 3.63) is 29.3 Å². The predicted molar refractivity (Wildman–Crippen MR) is 101 cm³/mol. The van der Waals surface area contributed by atoms with Crippen molar-refractivity contribution in [2.24, 2.45) is 17.8 Å². The minimum Gasteiger partial charge on any atom is -0.326 e. The maximum absolute atomic E-state index is 13.5. The number of imide groups is 1. The van der Waals surface area contributed by atoms with Gasteiger partial charge in [-0.1, -0.05) is 32.4 Å². The molecule has 3 N–H and O–H groups in total. The molecule has 3 amide bonds. The number of amides is 3. The normalized spacial score (nSPS) is 33.0. The second-order valence-corrected chi connectivity index (χ2v) is 8.67. The molecule has 0 aliphatic carbocycles. The van der Waals surface area contributed by atoms with E-state index in [-0.39, 0.29) is 35.7 Å². The first-order valence-corrected chi connectivity index (χ1v) is 9.89. The van der Waals surface area contributed by atoms with Crippen molar-refractivity contribution in [1.29, 1.82) is 0 Å². The molecule has 0 aromatic heterocycles. The number of quaternary nitrogens is 1. The molecule has 6 heteroatoms. The summed E-state index contributed by atoms with van der Waals surface area (Å²) >= 11 is 0. The van der Waals surface area contributed by atoms with E-state index in [1.54, 1.807) is 0 Å². The monoisotopic (exact) mass is 370 g/mol. The smallest absolute Gasteiger partial charge is 0.291 e. The number of aryl methyl sites for hydroxylation is 1. The fraction of sp³-hybridized carbons (Fsp3) is 0.571. The summed E-state index contributed by atoms with van der Waals surface area (Å²) in [5, 5.41) is 4.98. The summed E-state index contributed by atoms with van der Waals surface area (Å²) in [4.78, 5) is 41.4. The van der Waals surface area contributed by atoms with Gasteiger partial charge in [-0.2, -0.15) is 0 Å². The molecule has 144 valence electrons. The molecule has 4 rings (SSSR count). The topological polar surface area (TPSA) is 83.1 Å². The molecule has 3 heterocycles. The number of nitrogens with two attached hydrogens (primary N) is 1. The molecule has 2 fully saturated rings. The Morgan fingerprint density at radius 1 is 1.19 bits per heavy atom. The lowest BCUT2D eigenvalue weighted by Gasteiger charge is -2.29. The Labute approximate surface area is 159 Å². The van der Waals surface area contributed by atoms with Crippen LogP contribution < -0.4 is 10.6 Å². The highest BCUT2D eigenvalue weighted by molar-refractivity contribution is 6.14. The van der Waals surface area contributed by atoms with Crippen LogP contribution in [0.3, 0.4) is 0 Å². The highest BCUT2D eigenvalue weighted by Crippen LogP contribution is 2.50. The van der Waals surface area contributed by atoms with Gasteiger partial charge in [0.25, 0.3) is 5.91 Å². The Bertz CT molecular complexity index is 849. The van der Waals surface area contributed by atoms with Crippen molar-refractivity contribution in [3.63, 3.8) is 0 Å². The highest BCUT2D eigenvalue weighted by Gasteiger charge is 2.74. The lowest BCUT2D eigenvalue weighted by molar-refractivity contribution is -0.738. The van der Waals surface area contributed by atoms with E-state index in [0.29, 0.717) is 6.42 Å². The number of benzene rings is 1. The molecule has 0 radical (unpaired) electrons. The van der Waals surface area contributed by atoms with Crippen LogP contribution in [0.4, 0.5) is 5.69 Å². The first-order chi connectivity index (χ1) is 12.7. The van der Waals surface area contributed by atoms with E-state index in [0.717, 1.165) is 16.8 Å². The van der Waals surface area contributed by atoms with E-state index in [9.17, 15) is 14.4 Å². The number of hydrogen-bond donors (Lipinski definition) is 2. The summed E-state index contributed by atoms with van der Waals surface area (Å²) < 4.78 is 0. The van der Waals surface area contributed by atoms with Gasteiger partial charge in [-0.25, -0.2) is 0 Å². The minimum absolute atomic E-state index is 0.0993. The first kappa shape index (κ1) is 18.2. The lowest BCUT2D eigenvalue weighted by atomic mass is 9.75. The minimum atomic E-state index is -1.05. The Balaban J connectivity index is 1.92. The van der Waals surface area contributed by atoms with Gasteiger partial charge >= 0.3 is 0 Å². The van der Waals surface area contributed by atoms with E-state index in [4.69, 9.17) is 0 Å². The molecule has 27 heavy (non-hydrogen) atoms. The number of nitrogens with zero attached hydrogens (tertiary/aromatic N) is 1. The van der Waals surface area contributed by atoms with E-state index >= 15 is 0 Å². The number of carbonyl (C=O) groups excluding carboxylic acids is 3. The van der Waals surface area contributed by atoms with Crippen LogP contribution in [-0.2, 0) is 19.9 Å². The molecule has 0 bridgehead atoms. The van der Waals surface area contributed by atoms with Gasteiger partial charge in [-0.3, -0.25) is 19.3 Å². The molecule has 5 atom stereocenters. The fourth-order valence-corrected chi connectivity index (χ4v) is 5.25. The second-order valence-electron chi connectivity index (χ2n) is 8.67. The highest BCUT2D eigenvalue weighted by atomic mass is 16.2. The molecule has 1 spiro atoms. The van der Waals surface area contributed by atoms with Crippen molar-refractivity contribution in [2.45, 2.75) is 58.7 Å². The number of hydrogen-bond acceptors (Lipinski definition) is 3. The van der Waals surface area contributed by atoms with Crippen LogP contribution in [0.5, 0.6) is 0 Å². The molecule has 6 nitrogen and oxygen atoms in total. The van der Waals surface area contributed by atoms with Crippen LogP contribution in [0.1, 0.15) is 45.2 Å². The largest absolute Gasteiger partial charge is 0.326 e. The SMILES string of the molecule is CC[C@H](C)N1C(=O)[C@@H]2[C@@H](C(C)C)[NH2+][C@]3(C(=O)Nc4ccc(C)cc43)[C@@H]2C1=O. The third-order valence-corrected chi connectivity index (χ3v) is 6.79. The van der Waals surface area contributed by atoms with Gasteiger partial charge < -0.3 is 10.6 Å². The van der Waals surface area contributed by atoms with Gasteiger partial charge in [0.1, 0.15) is 17.9 Å². The summed E-state index contributed by atoms with van der Waals surface area (Å²) in [6.07, 6.45) is 0.710. The van der Waals surface area contributed by atoms with Crippen LogP contribution in [-0.4, -0.2) is 34.7 Å². The Kier molecular flexibility index (Phi) is 3.97. The molecular weight excluding hydrogens is 342 g/mol. The zero-order valence-corrected chi connectivity index (χ0v) is 16.6. The van der Waals surface area contributed by atoms with Gasteiger partial charge in [0.15, 0.2) is 0 Å². The van der Waals surface area contributed by atoms with Crippen LogP contribution in [0.25, 0.3) is 0 Å². The quantitative estimate of drug-likeness (QED) is 0.783. The molecule has 3 aliphatic rings. The Hall–Kier alpha value is -2.21. The molecule has 0 saturated carbocycles. The van der Waals surface area contributed by atoms with Gasteiger partial charge in [0, 0.05) is 17.5 Å². The van der Waals surface area contributed by atoms with Gasteiger partial charge in [0.05, 0.1) is 5.69 Å². The summed E-state index contributed by atoms with van der Waals surface area (Å²) in [6, 6.07) is 5.60. The maximum Gasteiger partial charge on any atom is 0.291 e. The number of carbonyl (C=O) groups is 3. The van der Waals surface area contributed by atoms with E-state index < -0.39 is 17.4 Å². The number of rotatable bonds is 3. The van der Waals surface area contributed by atoms with Crippen molar-refractivity contribution in [1.82, 2.24) is 4.90 Å². The van der Waals surface area contributed by atoms with Crippen LogP contribution >= 0.6 is 0 Å². The molecule has 2 saturated heterocycles. The van der Waals surface area contributed by atoms with Crippen molar-refractivity contribution < 1.29 is 19.7 Å². The van der Waals surface area contributed by atoms with E-state index in [1.807, 2.05) is 44.3 Å². The van der Waals surface area contributed by atoms with Gasteiger partial charge in [-0.05, 0) is 32.4 Å². The molecule has 0 unspecified atom stereocenters. The predicted octanol–water partition coefficient (Wildman–Crippen LogP) is 1.14. The Morgan fingerprint density at radius 2 is 1.89 bits per heavy atom. The average molecular weight is 370 g/mol. The van der Waals surface area contributed by atoms with Crippen LogP contribution in [0.15, 0.2) is 18.2 Å². The van der Waals surface area contributed by atoms with E-state index in [1.165, 1.54) is 4.90 Å². The average Bonchev–Trinajstić information content (AvgIpc) is 3.20. The lowest BCUT2D eigenvalue weighted by Crippen LogP contribution is -2.99. The number of nitrogens with one attached hydrogen (secondary N) is 1. The Morgan fingerprint density at radius 3 is 2.52 bits per heavy atom. The third-order valence-electron chi connectivity index (χ3n) is 6.79. The van der Waals surface area contributed by atoms with Crippen LogP contribution in [0, 0.1) is 24.7 Å². The summed E-state index contributed by atoms with van der Waals surface area (Å²) in [6.45, 7) is 9.98. The van der Waals surface area contributed by atoms with Gasteiger partial charge in [-0.15, -0.1) is 0 Å². The second kappa shape index (κ2) is 5.89. The zero-order chi connectivity index (χ0) is 19.7. The molecule has 1 aromatic carbocycles. The van der Waals surface area contributed by atoms with Crippen molar-refractivity contribution >= 4 is 23.4 Å². The zero-order valence-electron chi connectivity index (χ0n) is 16.6. The summed E-state index contributed by atoms with van der Waals surface area (Å²) in [5.74, 6) is -1.40. The number of likely N-dealkylation sites (tertiary alicyclic amines) is 1. The van der Waals surface area contributed by atoms with Gasteiger partial charge in [0.2, 0.25) is 17.4 Å². The van der Waals surface area contributed by atoms with Crippen molar-refractivity contribution in [3.8, 4) is 0 Å². The first-order valence-electron chi connectivity index (χ1n) is 9.89. The van der Waals surface area contributed by atoms with Crippen molar-refractivity contribution in [2.75, 3.05) is 5.32 Å². The fourth-order valence-electron chi connectivity index (χ4n) is 5.25. The summed E-state index contributed by atoms with van der Waals surface area (Å²) in [5.41, 5.74) is 1.60. The molecule has 1 aromatic rings. The maximum atomic E-state index is 13.5. The third kappa shape index (κ3) is 2.19. The van der Waals surface area contributed by atoms with Crippen LogP contribution in [0.2, 0.25) is 0 Å². The summed E-state index contributed by atoms with van der Waals surface area (Å²) in [7, 11) is 0. The number of fused-ring (bicyclic) bond motifs is 4. The molecule has 3 aliphatic heterocycles. The number of anilines is 1.